The molecule has 0 spiro atoms. The number of hydrogen-bond acceptors (Lipinski definition) is 3. The minimum Gasteiger partial charge on any atom is -0.481 e. The number of nitrogens with one attached hydrogen (secondary N) is 1. The summed E-state index contributed by atoms with van der Waals surface area (Å²) in [4.78, 5) is 26.8. The summed E-state index contributed by atoms with van der Waals surface area (Å²) in [6.45, 7) is 2.12. The number of benzene rings is 1. The largest absolute Gasteiger partial charge is 0.481 e. The van der Waals surface area contributed by atoms with E-state index in [0.29, 0.717) is 5.69 Å². The zero-order chi connectivity index (χ0) is 17.8. The van der Waals surface area contributed by atoms with E-state index in [1.807, 2.05) is 16.7 Å². The van der Waals surface area contributed by atoms with Gasteiger partial charge in [-0.15, -0.1) is 0 Å². The highest BCUT2D eigenvalue weighted by Crippen LogP contribution is 2.21. The Kier molecular flexibility index (Phi) is 4.79. The van der Waals surface area contributed by atoms with Crippen LogP contribution in [0.4, 0.5) is 5.69 Å². The number of carboxylic acids is 1. The summed E-state index contributed by atoms with van der Waals surface area (Å²) < 4.78 is 1.84. The van der Waals surface area contributed by atoms with Crippen LogP contribution < -0.4 is 5.32 Å². The number of hydrogen-bond donors (Lipinski definition) is 2. The average molecular weight is 337 g/mol. The lowest BCUT2D eigenvalue weighted by atomic mass is 10.1. The molecule has 0 fully saturated rings. The van der Waals surface area contributed by atoms with Gasteiger partial charge in [-0.25, -0.2) is 4.98 Å². The van der Waals surface area contributed by atoms with Crippen molar-refractivity contribution in [1.29, 1.82) is 0 Å². The van der Waals surface area contributed by atoms with E-state index >= 15 is 0 Å². The first kappa shape index (κ1) is 16.7. The molecule has 2 heterocycles. The van der Waals surface area contributed by atoms with Crippen LogP contribution in [0.2, 0.25) is 0 Å². The molecular formula is C19H19N3O3. The average Bonchev–Trinajstić information content (AvgIpc) is 3.03. The zero-order valence-electron chi connectivity index (χ0n) is 13.9. The highest BCUT2D eigenvalue weighted by molar-refractivity contribution is 5.92. The summed E-state index contributed by atoms with van der Waals surface area (Å²) in [5.41, 5.74) is 4.55. The van der Waals surface area contributed by atoms with Crippen LogP contribution in [0.15, 0.2) is 48.8 Å². The predicted octanol–water partition coefficient (Wildman–Crippen LogP) is 3.37. The summed E-state index contributed by atoms with van der Waals surface area (Å²) in [5, 5.41) is 11.3. The van der Waals surface area contributed by atoms with Crippen molar-refractivity contribution in [3.8, 4) is 11.3 Å². The molecule has 2 N–H and O–H groups in total. The van der Waals surface area contributed by atoms with Crippen molar-refractivity contribution in [2.75, 3.05) is 5.32 Å². The van der Waals surface area contributed by atoms with E-state index in [2.05, 4.69) is 41.5 Å². The van der Waals surface area contributed by atoms with E-state index in [0.717, 1.165) is 23.3 Å². The standard InChI is InChI=1S/C19H19N3O3/c1-2-13-3-5-14(6-4-13)16-12-22-11-15(7-8-17(22)21-16)20-18(23)9-10-19(24)25/h3-8,11-12H,2,9-10H2,1H3,(H,20,23)(H,24,25). The first-order valence-electron chi connectivity index (χ1n) is 8.15. The molecular weight excluding hydrogens is 318 g/mol. The molecule has 0 saturated carbocycles. The smallest absolute Gasteiger partial charge is 0.303 e. The van der Waals surface area contributed by atoms with Gasteiger partial charge in [0.05, 0.1) is 17.8 Å². The van der Waals surface area contributed by atoms with Crippen molar-refractivity contribution in [2.24, 2.45) is 0 Å². The van der Waals surface area contributed by atoms with Gasteiger partial charge in [-0.1, -0.05) is 31.2 Å². The number of anilines is 1. The van der Waals surface area contributed by atoms with Crippen LogP contribution in [0.25, 0.3) is 16.9 Å². The normalized spacial score (nSPS) is 10.8. The Morgan fingerprint density at radius 1 is 1.08 bits per heavy atom. The predicted molar refractivity (Wildman–Crippen MR) is 95.5 cm³/mol. The number of nitrogens with zero attached hydrogens (tertiary/aromatic N) is 2. The Morgan fingerprint density at radius 3 is 2.52 bits per heavy atom. The Morgan fingerprint density at radius 2 is 1.84 bits per heavy atom. The first-order chi connectivity index (χ1) is 12.0. The second-order valence-corrected chi connectivity index (χ2v) is 5.80. The highest BCUT2D eigenvalue weighted by atomic mass is 16.4. The van der Waals surface area contributed by atoms with Crippen LogP contribution in [0, 0.1) is 0 Å². The van der Waals surface area contributed by atoms with Crippen LogP contribution in [-0.4, -0.2) is 26.4 Å². The number of imidazole rings is 1. The SMILES string of the molecule is CCc1ccc(-c2cn3cc(NC(=O)CCC(=O)O)ccc3n2)cc1. The molecule has 1 aromatic carbocycles. The van der Waals surface area contributed by atoms with Crippen molar-refractivity contribution >= 4 is 23.2 Å². The quantitative estimate of drug-likeness (QED) is 0.722. The van der Waals surface area contributed by atoms with Gasteiger partial charge in [-0.3, -0.25) is 9.59 Å². The van der Waals surface area contributed by atoms with Gasteiger partial charge in [-0.05, 0) is 24.1 Å². The molecule has 0 saturated heterocycles. The van der Waals surface area contributed by atoms with Gasteiger partial charge >= 0.3 is 5.97 Å². The minimum absolute atomic E-state index is 0.0493. The molecule has 0 atom stereocenters. The Balaban J connectivity index is 1.78. The van der Waals surface area contributed by atoms with Crippen LogP contribution >= 0.6 is 0 Å². The van der Waals surface area contributed by atoms with Gasteiger partial charge in [0.2, 0.25) is 5.91 Å². The number of carbonyl (C=O) groups is 2. The molecule has 3 aromatic rings. The van der Waals surface area contributed by atoms with Crippen molar-refractivity contribution in [3.63, 3.8) is 0 Å². The molecule has 0 bridgehead atoms. The third kappa shape index (κ3) is 4.03. The number of aryl methyl sites for hydroxylation is 1. The summed E-state index contributed by atoms with van der Waals surface area (Å²) in [6.07, 6.45) is 4.44. The maximum absolute atomic E-state index is 11.7. The number of aliphatic carboxylic acids is 1. The third-order valence-electron chi connectivity index (χ3n) is 3.96. The Labute approximate surface area is 145 Å². The molecule has 2 aromatic heterocycles. The Bertz CT molecular complexity index is 913. The molecule has 0 aliphatic carbocycles. The second kappa shape index (κ2) is 7.17. The minimum atomic E-state index is -0.987. The number of fused-ring (bicyclic) bond motifs is 1. The van der Waals surface area contributed by atoms with E-state index in [1.165, 1.54) is 5.56 Å². The molecule has 0 aliphatic rings. The van der Waals surface area contributed by atoms with Crippen molar-refractivity contribution < 1.29 is 14.7 Å². The molecule has 0 unspecified atom stereocenters. The van der Waals surface area contributed by atoms with E-state index in [9.17, 15) is 9.59 Å². The summed E-state index contributed by atoms with van der Waals surface area (Å²) in [6, 6.07) is 11.9. The van der Waals surface area contributed by atoms with Crippen LogP contribution in [-0.2, 0) is 16.0 Å². The second-order valence-electron chi connectivity index (χ2n) is 5.80. The van der Waals surface area contributed by atoms with E-state index < -0.39 is 5.97 Å². The number of aromatic nitrogens is 2. The molecule has 0 aliphatic heterocycles. The maximum atomic E-state index is 11.7. The fraction of sp³-hybridized carbons (Fsp3) is 0.211. The molecule has 6 nitrogen and oxygen atoms in total. The van der Waals surface area contributed by atoms with Crippen molar-refractivity contribution in [1.82, 2.24) is 9.38 Å². The Hall–Kier alpha value is -3.15. The monoisotopic (exact) mass is 337 g/mol. The summed E-state index contributed by atoms with van der Waals surface area (Å²) in [5.74, 6) is -1.31. The van der Waals surface area contributed by atoms with Crippen LogP contribution in [0.3, 0.4) is 0 Å². The van der Waals surface area contributed by atoms with Gasteiger partial charge in [0.15, 0.2) is 0 Å². The third-order valence-corrected chi connectivity index (χ3v) is 3.96. The maximum Gasteiger partial charge on any atom is 0.303 e. The van der Waals surface area contributed by atoms with Gasteiger partial charge in [0, 0.05) is 24.4 Å². The summed E-state index contributed by atoms with van der Waals surface area (Å²) in [7, 11) is 0. The number of pyridine rings is 1. The molecule has 3 rings (SSSR count). The number of amides is 1. The molecule has 6 heteroatoms. The lowest BCUT2D eigenvalue weighted by molar-refractivity contribution is -0.138. The fourth-order valence-electron chi connectivity index (χ4n) is 2.56. The topological polar surface area (TPSA) is 83.7 Å². The van der Waals surface area contributed by atoms with Gasteiger partial charge in [0.25, 0.3) is 0 Å². The zero-order valence-corrected chi connectivity index (χ0v) is 13.9. The number of rotatable bonds is 6. The van der Waals surface area contributed by atoms with E-state index in [4.69, 9.17) is 5.11 Å². The summed E-state index contributed by atoms with van der Waals surface area (Å²) >= 11 is 0. The van der Waals surface area contributed by atoms with Crippen molar-refractivity contribution in [3.05, 3.63) is 54.4 Å². The highest BCUT2D eigenvalue weighted by Gasteiger charge is 2.08. The number of carboxylic acid groups (broad SMARTS) is 1. The van der Waals surface area contributed by atoms with E-state index in [-0.39, 0.29) is 18.7 Å². The molecule has 128 valence electrons. The molecule has 25 heavy (non-hydrogen) atoms. The van der Waals surface area contributed by atoms with Gasteiger partial charge in [0.1, 0.15) is 5.65 Å². The van der Waals surface area contributed by atoms with Crippen molar-refractivity contribution in [2.45, 2.75) is 26.2 Å². The molecule has 1 amide bonds. The van der Waals surface area contributed by atoms with Gasteiger partial charge < -0.3 is 14.8 Å². The van der Waals surface area contributed by atoms with Crippen LogP contribution in [0.1, 0.15) is 25.3 Å². The van der Waals surface area contributed by atoms with Crippen LogP contribution in [0.5, 0.6) is 0 Å². The number of carbonyl (C=O) groups excluding carboxylic acids is 1. The molecule has 0 radical (unpaired) electrons. The fourth-order valence-corrected chi connectivity index (χ4v) is 2.56. The lowest BCUT2D eigenvalue weighted by Crippen LogP contribution is -2.13. The van der Waals surface area contributed by atoms with Gasteiger partial charge in [-0.2, -0.15) is 0 Å². The lowest BCUT2D eigenvalue weighted by Gasteiger charge is -2.04. The first-order valence-corrected chi connectivity index (χ1v) is 8.15. The van der Waals surface area contributed by atoms with E-state index in [1.54, 1.807) is 12.3 Å².